The van der Waals surface area contributed by atoms with Crippen molar-refractivity contribution in [2.45, 2.75) is 24.8 Å². The number of nitrogens with zero attached hydrogens (tertiary/aromatic N) is 4. The highest BCUT2D eigenvalue weighted by Crippen LogP contribution is 2.24. The van der Waals surface area contributed by atoms with Crippen LogP contribution >= 0.6 is 11.8 Å². The normalized spacial score (nSPS) is 14.3. The summed E-state index contributed by atoms with van der Waals surface area (Å²) in [7, 11) is 0. The summed E-state index contributed by atoms with van der Waals surface area (Å²) in [5, 5.41) is 7.48. The van der Waals surface area contributed by atoms with Crippen LogP contribution in [0.4, 0.5) is 5.69 Å². The number of aryl methyl sites for hydroxylation is 1. The standard InChI is InChI=1S/C22H25N5OS/c1-16-4-3-5-20(17(16)2)26-10-12-27(13-11-26)21(28)19-8-6-18(7-9-19)14-29-22-23-15-24-25-22/h3-9,15H,10-14H2,1-2H3,(H,23,24,25). The molecule has 2 aromatic carbocycles. The lowest BCUT2D eigenvalue weighted by molar-refractivity contribution is 0.0747. The summed E-state index contributed by atoms with van der Waals surface area (Å²) in [6, 6.07) is 14.3. The number of carbonyl (C=O) groups excluding carboxylic acids is 1. The first-order valence-electron chi connectivity index (χ1n) is 9.79. The molecule has 150 valence electrons. The van der Waals surface area contributed by atoms with Crippen molar-refractivity contribution in [3.8, 4) is 0 Å². The van der Waals surface area contributed by atoms with Crippen LogP contribution in [0.3, 0.4) is 0 Å². The number of aromatic nitrogens is 3. The second kappa shape index (κ2) is 8.69. The molecule has 0 saturated carbocycles. The number of rotatable bonds is 5. The minimum atomic E-state index is 0.111. The van der Waals surface area contributed by atoms with Crippen LogP contribution < -0.4 is 4.90 Å². The fourth-order valence-corrected chi connectivity index (χ4v) is 4.31. The van der Waals surface area contributed by atoms with Crippen molar-refractivity contribution < 1.29 is 4.79 Å². The number of hydrogen-bond acceptors (Lipinski definition) is 5. The molecular weight excluding hydrogens is 382 g/mol. The van der Waals surface area contributed by atoms with Gasteiger partial charge >= 0.3 is 0 Å². The van der Waals surface area contributed by atoms with Crippen molar-refractivity contribution in [1.29, 1.82) is 0 Å². The van der Waals surface area contributed by atoms with Gasteiger partial charge in [0.2, 0.25) is 0 Å². The Bertz CT molecular complexity index is 963. The maximum atomic E-state index is 12.9. The first-order valence-corrected chi connectivity index (χ1v) is 10.8. The Labute approximate surface area is 175 Å². The highest BCUT2D eigenvalue weighted by atomic mass is 32.2. The second-order valence-corrected chi connectivity index (χ2v) is 8.24. The Hall–Kier alpha value is -2.80. The smallest absolute Gasteiger partial charge is 0.253 e. The third-order valence-corrected chi connectivity index (χ3v) is 6.40. The van der Waals surface area contributed by atoms with Crippen LogP contribution in [-0.4, -0.2) is 52.2 Å². The molecular formula is C22H25N5OS. The van der Waals surface area contributed by atoms with Gasteiger partial charge in [-0.2, -0.15) is 5.10 Å². The van der Waals surface area contributed by atoms with Crippen LogP contribution in [0.25, 0.3) is 0 Å². The van der Waals surface area contributed by atoms with E-state index in [4.69, 9.17) is 0 Å². The van der Waals surface area contributed by atoms with Gasteiger partial charge in [-0.05, 0) is 48.7 Å². The Kier molecular flexibility index (Phi) is 5.85. The Balaban J connectivity index is 1.34. The number of nitrogens with one attached hydrogen (secondary N) is 1. The second-order valence-electron chi connectivity index (χ2n) is 7.27. The van der Waals surface area contributed by atoms with Gasteiger partial charge in [-0.3, -0.25) is 9.89 Å². The minimum absolute atomic E-state index is 0.111. The summed E-state index contributed by atoms with van der Waals surface area (Å²) in [4.78, 5) is 21.3. The highest BCUT2D eigenvalue weighted by Gasteiger charge is 2.23. The molecule has 0 atom stereocenters. The van der Waals surface area contributed by atoms with E-state index < -0.39 is 0 Å². The molecule has 7 heteroatoms. The van der Waals surface area contributed by atoms with Crippen LogP contribution in [0, 0.1) is 13.8 Å². The molecule has 29 heavy (non-hydrogen) atoms. The molecule has 0 aliphatic carbocycles. The topological polar surface area (TPSA) is 65.1 Å². The Morgan fingerprint density at radius 3 is 2.52 bits per heavy atom. The molecule has 3 aromatic rings. The van der Waals surface area contributed by atoms with Gasteiger partial charge in [0.1, 0.15) is 6.33 Å². The van der Waals surface area contributed by atoms with Crippen molar-refractivity contribution >= 4 is 23.4 Å². The third-order valence-electron chi connectivity index (χ3n) is 5.45. The predicted octanol–water partition coefficient (Wildman–Crippen LogP) is 3.68. The largest absolute Gasteiger partial charge is 0.368 e. The number of benzene rings is 2. The van der Waals surface area contributed by atoms with Gasteiger partial charge < -0.3 is 9.80 Å². The van der Waals surface area contributed by atoms with Crippen LogP contribution in [0.15, 0.2) is 53.9 Å². The lowest BCUT2D eigenvalue weighted by Crippen LogP contribution is -2.49. The number of piperazine rings is 1. The van der Waals surface area contributed by atoms with Crippen molar-refractivity contribution in [2.75, 3.05) is 31.1 Å². The van der Waals surface area contributed by atoms with Crippen LogP contribution in [0.5, 0.6) is 0 Å². The predicted molar refractivity (Wildman–Crippen MR) is 116 cm³/mol. The first-order chi connectivity index (χ1) is 14.1. The van der Waals surface area contributed by atoms with Gasteiger partial charge in [-0.15, -0.1) is 0 Å². The van der Waals surface area contributed by atoms with Gasteiger partial charge in [-0.1, -0.05) is 36.0 Å². The van der Waals surface area contributed by atoms with E-state index in [0.717, 1.165) is 48.2 Å². The summed E-state index contributed by atoms with van der Waals surface area (Å²) in [5.74, 6) is 0.901. The average Bonchev–Trinajstić information content (AvgIpc) is 3.28. The summed E-state index contributed by atoms with van der Waals surface area (Å²) in [6.07, 6.45) is 1.50. The highest BCUT2D eigenvalue weighted by molar-refractivity contribution is 7.98. The Morgan fingerprint density at radius 1 is 1.07 bits per heavy atom. The first kappa shape index (κ1) is 19.5. The molecule has 0 radical (unpaired) electrons. The molecule has 2 heterocycles. The SMILES string of the molecule is Cc1cccc(N2CCN(C(=O)c3ccc(CSc4ncn[nH]4)cc3)CC2)c1C. The molecule has 4 rings (SSSR count). The number of amides is 1. The van der Waals surface area contributed by atoms with Crippen LogP contribution in [0.1, 0.15) is 27.0 Å². The van der Waals surface area contributed by atoms with Gasteiger partial charge in [0.15, 0.2) is 5.16 Å². The van der Waals surface area contributed by atoms with Crippen molar-refractivity contribution in [3.63, 3.8) is 0 Å². The lowest BCUT2D eigenvalue weighted by atomic mass is 10.1. The summed E-state index contributed by atoms with van der Waals surface area (Å²) in [6.45, 7) is 7.53. The minimum Gasteiger partial charge on any atom is -0.368 e. The van der Waals surface area contributed by atoms with Gasteiger partial charge in [0, 0.05) is 43.2 Å². The third kappa shape index (κ3) is 4.45. The van der Waals surface area contributed by atoms with Crippen LogP contribution in [0.2, 0.25) is 0 Å². The Morgan fingerprint density at radius 2 is 1.83 bits per heavy atom. The molecule has 6 nitrogen and oxygen atoms in total. The number of aromatic amines is 1. The molecule has 1 fully saturated rings. The maximum Gasteiger partial charge on any atom is 0.253 e. The number of carbonyl (C=O) groups is 1. The number of anilines is 1. The zero-order valence-corrected chi connectivity index (χ0v) is 17.6. The fourth-order valence-electron chi connectivity index (χ4n) is 3.57. The van der Waals surface area contributed by atoms with E-state index in [9.17, 15) is 4.79 Å². The lowest BCUT2D eigenvalue weighted by Gasteiger charge is -2.37. The zero-order valence-electron chi connectivity index (χ0n) is 16.8. The molecule has 1 saturated heterocycles. The van der Waals surface area contributed by atoms with E-state index in [1.807, 2.05) is 29.2 Å². The van der Waals surface area contributed by atoms with E-state index >= 15 is 0 Å². The molecule has 1 aromatic heterocycles. The maximum absolute atomic E-state index is 12.9. The molecule has 0 bridgehead atoms. The van der Waals surface area contributed by atoms with Crippen molar-refractivity contribution in [1.82, 2.24) is 20.1 Å². The van der Waals surface area contributed by atoms with Crippen LogP contribution in [-0.2, 0) is 5.75 Å². The number of H-pyrrole nitrogens is 1. The van der Waals surface area contributed by atoms with E-state index in [2.05, 4.69) is 52.1 Å². The molecule has 1 aliphatic rings. The number of thioether (sulfide) groups is 1. The molecule has 0 spiro atoms. The summed E-state index contributed by atoms with van der Waals surface area (Å²) < 4.78 is 0. The van der Waals surface area contributed by atoms with Crippen molar-refractivity contribution in [2.24, 2.45) is 0 Å². The summed E-state index contributed by atoms with van der Waals surface area (Å²) in [5.41, 5.74) is 5.82. The quantitative estimate of drug-likeness (QED) is 0.654. The van der Waals surface area contributed by atoms with E-state index in [1.54, 1.807) is 11.8 Å². The summed E-state index contributed by atoms with van der Waals surface area (Å²) >= 11 is 1.59. The van der Waals surface area contributed by atoms with E-state index in [-0.39, 0.29) is 5.91 Å². The molecule has 0 unspecified atom stereocenters. The van der Waals surface area contributed by atoms with Gasteiger partial charge in [0.25, 0.3) is 5.91 Å². The number of hydrogen-bond donors (Lipinski definition) is 1. The van der Waals surface area contributed by atoms with E-state index in [1.165, 1.54) is 23.1 Å². The van der Waals surface area contributed by atoms with Gasteiger partial charge in [-0.25, -0.2) is 4.98 Å². The molecule has 1 aliphatic heterocycles. The van der Waals surface area contributed by atoms with Gasteiger partial charge in [0.05, 0.1) is 0 Å². The fraction of sp³-hybridized carbons (Fsp3) is 0.318. The zero-order chi connectivity index (χ0) is 20.2. The molecule has 1 amide bonds. The van der Waals surface area contributed by atoms with E-state index in [0.29, 0.717) is 0 Å². The average molecular weight is 408 g/mol. The van der Waals surface area contributed by atoms with Crippen molar-refractivity contribution in [3.05, 3.63) is 71.0 Å². The monoisotopic (exact) mass is 407 g/mol. The molecule has 1 N–H and O–H groups in total.